The number of aliphatic hydroxyl groups is 2. The molecule has 0 radical (unpaired) electrons. The summed E-state index contributed by atoms with van der Waals surface area (Å²) in [5, 5.41) is 23.0. The van der Waals surface area contributed by atoms with Gasteiger partial charge in [-0.15, -0.1) is 0 Å². The monoisotopic (exact) mass is 638 g/mol. The van der Waals surface area contributed by atoms with Crippen LogP contribution >= 0.6 is 0 Å². The molecule has 45 heavy (non-hydrogen) atoms. The lowest BCUT2D eigenvalue weighted by molar-refractivity contribution is -0.123. The molecule has 0 saturated heterocycles. The van der Waals surface area contributed by atoms with Gasteiger partial charge in [-0.1, -0.05) is 219 Å². The zero-order chi connectivity index (χ0) is 32.9. The van der Waals surface area contributed by atoms with Gasteiger partial charge in [-0.25, -0.2) is 0 Å². The SMILES string of the molecule is CCCCCCCCCCCCCCCCCCCCCCCCCCCCC(O)C(CO)NC(=O)CCCCCCCCC. The summed E-state index contributed by atoms with van der Waals surface area (Å²) in [6.45, 7) is 4.33. The maximum atomic E-state index is 12.2. The number of hydrogen-bond donors (Lipinski definition) is 3. The third kappa shape index (κ3) is 34.5. The van der Waals surface area contributed by atoms with Gasteiger partial charge in [0.15, 0.2) is 0 Å². The normalized spacial score (nSPS) is 12.9. The molecular formula is C41H83NO3. The van der Waals surface area contributed by atoms with E-state index in [1.807, 2.05) is 0 Å². The summed E-state index contributed by atoms with van der Waals surface area (Å²) >= 11 is 0. The Morgan fingerprint density at radius 3 is 1.00 bits per heavy atom. The van der Waals surface area contributed by atoms with E-state index in [4.69, 9.17) is 0 Å². The smallest absolute Gasteiger partial charge is 0.220 e. The van der Waals surface area contributed by atoms with Gasteiger partial charge in [0.2, 0.25) is 5.91 Å². The zero-order valence-corrected chi connectivity index (χ0v) is 30.9. The molecule has 0 spiro atoms. The van der Waals surface area contributed by atoms with Crippen molar-refractivity contribution in [3.05, 3.63) is 0 Å². The van der Waals surface area contributed by atoms with Crippen LogP contribution in [-0.4, -0.2) is 34.9 Å². The van der Waals surface area contributed by atoms with Crippen LogP contribution in [0.15, 0.2) is 0 Å². The molecule has 0 bridgehead atoms. The molecule has 2 unspecified atom stereocenters. The van der Waals surface area contributed by atoms with Crippen LogP contribution in [0.1, 0.15) is 239 Å². The highest BCUT2D eigenvalue weighted by atomic mass is 16.3. The Kier molecular flexibility index (Phi) is 37.3. The molecule has 2 atom stereocenters. The number of aliphatic hydroxyl groups excluding tert-OH is 2. The fraction of sp³-hybridized carbons (Fsp3) is 0.976. The van der Waals surface area contributed by atoms with E-state index in [9.17, 15) is 15.0 Å². The Morgan fingerprint density at radius 2 is 0.711 bits per heavy atom. The van der Waals surface area contributed by atoms with Crippen LogP contribution in [0, 0.1) is 0 Å². The fourth-order valence-corrected chi connectivity index (χ4v) is 6.66. The summed E-state index contributed by atoms with van der Waals surface area (Å²) in [5.41, 5.74) is 0. The summed E-state index contributed by atoms with van der Waals surface area (Å²) in [6, 6.07) is -0.527. The summed E-state index contributed by atoms with van der Waals surface area (Å²) < 4.78 is 0. The van der Waals surface area contributed by atoms with E-state index < -0.39 is 12.1 Å². The Balaban J connectivity index is 3.36. The van der Waals surface area contributed by atoms with Crippen LogP contribution in [0.4, 0.5) is 0 Å². The standard InChI is InChI=1S/C41H83NO3/c1-3-5-7-9-11-12-13-14-15-16-17-18-19-20-21-22-23-24-25-26-27-28-29-31-32-34-36-40(44)39(38-43)42-41(45)37-35-33-30-10-8-6-4-2/h39-40,43-44H,3-38H2,1-2H3,(H,42,45). The van der Waals surface area contributed by atoms with Crippen molar-refractivity contribution in [2.75, 3.05) is 6.61 Å². The number of carbonyl (C=O) groups is 1. The Labute approximate surface area is 283 Å². The van der Waals surface area contributed by atoms with E-state index in [2.05, 4.69) is 19.2 Å². The molecule has 4 heteroatoms. The minimum Gasteiger partial charge on any atom is -0.394 e. The fourth-order valence-electron chi connectivity index (χ4n) is 6.66. The molecule has 3 N–H and O–H groups in total. The molecule has 0 saturated carbocycles. The minimum absolute atomic E-state index is 0.0355. The highest BCUT2D eigenvalue weighted by Gasteiger charge is 2.19. The number of unbranched alkanes of at least 4 members (excludes halogenated alkanes) is 31. The van der Waals surface area contributed by atoms with Crippen molar-refractivity contribution in [3.63, 3.8) is 0 Å². The molecule has 4 nitrogen and oxygen atoms in total. The molecule has 0 rings (SSSR count). The Bertz CT molecular complexity index is 569. The number of hydrogen-bond acceptors (Lipinski definition) is 3. The second kappa shape index (κ2) is 37.8. The van der Waals surface area contributed by atoms with E-state index in [-0.39, 0.29) is 12.5 Å². The van der Waals surface area contributed by atoms with Gasteiger partial charge in [-0.05, 0) is 12.8 Å². The van der Waals surface area contributed by atoms with E-state index in [0.717, 1.165) is 25.7 Å². The Hall–Kier alpha value is -0.610. The quantitative estimate of drug-likeness (QED) is 0.0590. The predicted molar refractivity (Wildman–Crippen MR) is 198 cm³/mol. The average Bonchev–Trinajstić information content (AvgIpc) is 3.04. The molecule has 0 aromatic rings. The molecule has 0 fully saturated rings. The van der Waals surface area contributed by atoms with Gasteiger partial charge < -0.3 is 15.5 Å². The van der Waals surface area contributed by atoms with Crippen LogP contribution in [0.3, 0.4) is 0 Å². The van der Waals surface area contributed by atoms with Crippen molar-refractivity contribution < 1.29 is 15.0 Å². The van der Waals surface area contributed by atoms with Gasteiger partial charge >= 0.3 is 0 Å². The number of rotatable bonds is 38. The first-order valence-electron chi connectivity index (χ1n) is 20.7. The molecule has 0 heterocycles. The van der Waals surface area contributed by atoms with E-state index in [1.54, 1.807) is 0 Å². The first-order valence-corrected chi connectivity index (χ1v) is 20.7. The van der Waals surface area contributed by atoms with E-state index >= 15 is 0 Å². The van der Waals surface area contributed by atoms with Crippen molar-refractivity contribution >= 4 is 5.91 Å². The third-order valence-corrected chi connectivity index (χ3v) is 9.87. The summed E-state index contributed by atoms with van der Waals surface area (Å²) in [4.78, 5) is 12.2. The number of nitrogens with one attached hydrogen (secondary N) is 1. The van der Waals surface area contributed by atoms with Crippen molar-refractivity contribution in [2.45, 2.75) is 251 Å². The van der Waals surface area contributed by atoms with Crippen LogP contribution in [0.25, 0.3) is 0 Å². The molecule has 1 amide bonds. The van der Waals surface area contributed by atoms with Crippen molar-refractivity contribution in [1.82, 2.24) is 5.32 Å². The lowest BCUT2D eigenvalue weighted by Crippen LogP contribution is -2.45. The maximum absolute atomic E-state index is 12.2. The van der Waals surface area contributed by atoms with Crippen molar-refractivity contribution in [2.24, 2.45) is 0 Å². The molecule has 0 aliphatic rings. The number of amides is 1. The van der Waals surface area contributed by atoms with Crippen LogP contribution < -0.4 is 5.32 Å². The van der Waals surface area contributed by atoms with Gasteiger partial charge in [-0.3, -0.25) is 4.79 Å². The van der Waals surface area contributed by atoms with E-state index in [0.29, 0.717) is 12.8 Å². The van der Waals surface area contributed by atoms with Crippen LogP contribution in [0.5, 0.6) is 0 Å². The maximum Gasteiger partial charge on any atom is 0.220 e. The minimum atomic E-state index is -0.651. The first-order chi connectivity index (χ1) is 22.2. The van der Waals surface area contributed by atoms with Gasteiger partial charge in [0.1, 0.15) is 0 Å². The molecule has 0 aliphatic heterocycles. The molecule has 0 aromatic heterocycles. The third-order valence-electron chi connectivity index (χ3n) is 9.87. The Morgan fingerprint density at radius 1 is 0.444 bits per heavy atom. The highest BCUT2D eigenvalue weighted by Crippen LogP contribution is 2.17. The second-order valence-electron chi connectivity index (χ2n) is 14.4. The van der Waals surface area contributed by atoms with Crippen molar-refractivity contribution in [3.8, 4) is 0 Å². The van der Waals surface area contributed by atoms with Crippen LogP contribution in [0.2, 0.25) is 0 Å². The molecule has 0 aliphatic carbocycles. The molecule has 0 aromatic carbocycles. The molecular weight excluding hydrogens is 554 g/mol. The topological polar surface area (TPSA) is 69.6 Å². The number of carbonyl (C=O) groups excluding carboxylic acids is 1. The molecule has 270 valence electrons. The van der Waals surface area contributed by atoms with Gasteiger partial charge in [0.05, 0.1) is 18.8 Å². The lowest BCUT2D eigenvalue weighted by Gasteiger charge is -2.22. The second-order valence-corrected chi connectivity index (χ2v) is 14.4. The van der Waals surface area contributed by atoms with Gasteiger partial charge in [-0.2, -0.15) is 0 Å². The summed E-state index contributed by atoms with van der Waals surface area (Å²) in [7, 11) is 0. The van der Waals surface area contributed by atoms with Gasteiger partial charge in [0.25, 0.3) is 0 Å². The lowest BCUT2D eigenvalue weighted by atomic mass is 10.0. The average molecular weight is 638 g/mol. The summed E-state index contributed by atoms with van der Waals surface area (Å²) in [5.74, 6) is -0.0355. The van der Waals surface area contributed by atoms with Crippen molar-refractivity contribution in [1.29, 1.82) is 0 Å². The predicted octanol–water partition coefficient (Wildman–Crippen LogP) is 12.5. The summed E-state index contributed by atoms with van der Waals surface area (Å²) in [6.07, 6.45) is 44.9. The first kappa shape index (κ1) is 44.4. The highest BCUT2D eigenvalue weighted by molar-refractivity contribution is 5.76. The zero-order valence-electron chi connectivity index (χ0n) is 30.9. The largest absolute Gasteiger partial charge is 0.394 e. The van der Waals surface area contributed by atoms with E-state index in [1.165, 1.54) is 186 Å². The van der Waals surface area contributed by atoms with Crippen LogP contribution in [-0.2, 0) is 4.79 Å². The van der Waals surface area contributed by atoms with Gasteiger partial charge in [0, 0.05) is 6.42 Å².